The highest BCUT2D eigenvalue weighted by Gasteiger charge is 2.25. The van der Waals surface area contributed by atoms with Gasteiger partial charge in [-0.1, -0.05) is 24.8 Å². The molecule has 13 nitrogen and oxygen atoms in total. The van der Waals surface area contributed by atoms with Crippen molar-refractivity contribution in [3.63, 3.8) is 0 Å². The van der Waals surface area contributed by atoms with E-state index < -0.39 is 5.25 Å². The summed E-state index contributed by atoms with van der Waals surface area (Å²) in [6, 6.07) is 14.1. The molecule has 2 N–H and O–H groups in total. The van der Waals surface area contributed by atoms with E-state index in [-0.39, 0.29) is 43.9 Å². The number of nitrogens with one attached hydrogen (secondary N) is 2. The first kappa shape index (κ1) is 32.8. The second-order valence-electron chi connectivity index (χ2n) is 11.0. The van der Waals surface area contributed by atoms with Gasteiger partial charge in [-0.05, 0) is 55.2 Å². The Morgan fingerprint density at radius 3 is 2.42 bits per heavy atom. The highest BCUT2D eigenvalue weighted by Crippen LogP contribution is 2.37. The Morgan fingerprint density at radius 2 is 1.67 bits per heavy atom. The van der Waals surface area contributed by atoms with Crippen LogP contribution in [0.3, 0.4) is 0 Å². The SMILES string of the molecule is CCC(Sc1nc2cc3c(cc2c(=O)n1CCCC(=O)NCCc1ccc(OC)c(OC)c1)OCO3)C(=O)Nc1ccc2c(c1)OCO2. The Labute approximate surface area is 280 Å². The molecule has 0 bridgehead atoms. The maximum atomic E-state index is 13.9. The Balaban J connectivity index is 1.14. The standard InChI is InChI=1S/C34H36N4O9S/c1-4-30(32(40)36-21-8-10-25-27(15-21)45-18-44-25)48-34-37-23-17-29-28(46-19-47-29)16-22(23)33(41)38(34)13-5-6-31(39)35-12-11-20-7-9-24(42-2)26(14-20)43-3/h7-10,14-17,30H,4-6,11-13,18-19H2,1-3H3,(H,35,39)(H,36,40). The molecule has 0 aliphatic carbocycles. The number of carbonyl (C=O) groups is 2. The van der Waals surface area contributed by atoms with E-state index in [1.165, 1.54) is 16.3 Å². The van der Waals surface area contributed by atoms with Gasteiger partial charge in [0.2, 0.25) is 25.4 Å². The Bertz CT molecular complexity index is 1900. The van der Waals surface area contributed by atoms with Crippen LogP contribution in [0.25, 0.3) is 10.9 Å². The molecule has 0 saturated heterocycles. The molecule has 1 atom stereocenters. The average molecular weight is 677 g/mol. The lowest BCUT2D eigenvalue weighted by Crippen LogP contribution is -2.29. The Hall–Kier alpha value is -5.11. The molecular formula is C34H36N4O9S. The van der Waals surface area contributed by atoms with Crippen molar-refractivity contribution in [2.24, 2.45) is 0 Å². The van der Waals surface area contributed by atoms with E-state index in [0.717, 1.165) is 5.56 Å². The van der Waals surface area contributed by atoms with Gasteiger partial charge in [0.15, 0.2) is 39.7 Å². The number of aromatic nitrogens is 2. The molecule has 2 aliphatic heterocycles. The molecule has 4 aromatic rings. The molecule has 0 saturated carbocycles. The third kappa shape index (κ3) is 7.23. The number of anilines is 1. The first-order valence-corrected chi connectivity index (χ1v) is 16.4. The minimum atomic E-state index is -0.570. The van der Waals surface area contributed by atoms with Gasteiger partial charge in [0.1, 0.15) is 0 Å². The van der Waals surface area contributed by atoms with Gasteiger partial charge in [0, 0.05) is 37.3 Å². The first-order chi connectivity index (χ1) is 23.4. The van der Waals surface area contributed by atoms with Crippen LogP contribution in [0.15, 0.2) is 58.5 Å². The predicted octanol–water partition coefficient (Wildman–Crippen LogP) is 4.52. The van der Waals surface area contributed by atoms with Gasteiger partial charge < -0.3 is 39.1 Å². The molecule has 2 aliphatic rings. The van der Waals surface area contributed by atoms with E-state index in [9.17, 15) is 14.4 Å². The summed E-state index contributed by atoms with van der Waals surface area (Å²) < 4.78 is 34.0. The summed E-state index contributed by atoms with van der Waals surface area (Å²) in [6.07, 6.45) is 1.67. The topological polar surface area (TPSA) is 148 Å². The van der Waals surface area contributed by atoms with Gasteiger partial charge in [0.25, 0.3) is 5.56 Å². The summed E-state index contributed by atoms with van der Waals surface area (Å²) in [7, 11) is 3.16. The smallest absolute Gasteiger partial charge is 0.262 e. The van der Waals surface area contributed by atoms with E-state index >= 15 is 0 Å². The maximum absolute atomic E-state index is 13.9. The number of hydrogen-bond donors (Lipinski definition) is 2. The van der Waals surface area contributed by atoms with Crippen molar-refractivity contribution in [3.8, 4) is 34.5 Å². The quantitative estimate of drug-likeness (QED) is 0.144. The fraction of sp³-hybridized carbons (Fsp3) is 0.353. The van der Waals surface area contributed by atoms with Gasteiger partial charge in [-0.3, -0.25) is 19.0 Å². The van der Waals surface area contributed by atoms with Crippen LogP contribution in [0.2, 0.25) is 0 Å². The molecule has 3 aromatic carbocycles. The summed E-state index contributed by atoms with van der Waals surface area (Å²) >= 11 is 1.20. The molecule has 252 valence electrons. The van der Waals surface area contributed by atoms with Crippen molar-refractivity contribution in [3.05, 3.63) is 64.4 Å². The van der Waals surface area contributed by atoms with Crippen LogP contribution in [-0.2, 0) is 22.6 Å². The molecule has 0 fully saturated rings. The Morgan fingerprint density at radius 1 is 0.938 bits per heavy atom. The Kier molecular flexibility index (Phi) is 10.1. The fourth-order valence-corrected chi connectivity index (χ4v) is 6.43. The second-order valence-corrected chi connectivity index (χ2v) is 12.2. The number of nitrogens with zero attached hydrogens (tertiary/aromatic N) is 2. The van der Waals surface area contributed by atoms with E-state index in [1.807, 2.05) is 25.1 Å². The maximum Gasteiger partial charge on any atom is 0.262 e. The molecule has 3 heterocycles. The molecule has 1 unspecified atom stereocenters. The molecule has 14 heteroatoms. The zero-order valence-corrected chi connectivity index (χ0v) is 27.6. The highest BCUT2D eigenvalue weighted by molar-refractivity contribution is 8.00. The van der Waals surface area contributed by atoms with E-state index in [0.29, 0.717) is 82.1 Å². The summed E-state index contributed by atoms with van der Waals surface area (Å²) in [6.45, 7) is 2.75. The molecule has 48 heavy (non-hydrogen) atoms. The molecular weight excluding hydrogens is 640 g/mol. The largest absolute Gasteiger partial charge is 0.493 e. The third-order valence-corrected chi connectivity index (χ3v) is 9.29. The first-order valence-electron chi connectivity index (χ1n) is 15.6. The third-order valence-electron chi connectivity index (χ3n) is 7.93. The van der Waals surface area contributed by atoms with E-state index in [1.54, 1.807) is 44.6 Å². The summed E-state index contributed by atoms with van der Waals surface area (Å²) in [4.78, 5) is 44.8. The lowest BCUT2D eigenvalue weighted by Gasteiger charge is -2.18. The lowest BCUT2D eigenvalue weighted by atomic mass is 10.1. The van der Waals surface area contributed by atoms with Crippen LogP contribution >= 0.6 is 11.8 Å². The van der Waals surface area contributed by atoms with E-state index in [4.69, 9.17) is 33.4 Å². The van der Waals surface area contributed by atoms with Crippen molar-refractivity contribution in [2.75, 3.05) is 39.7 Å². The molecule has 2 amide bonds. The summed E-state index contributed by atoms with van der Waals surface area (Å²) in [5, 5.41) is 6.04. The van der Waals surface area contributed by atoms with Crippen LogP contribution in [0.5, 0.6) is 34.5 Å². The number of ether oxygens (including phenoxy) is 6. The molecule has 0 spiro atoms. The number of thioether (sulfide) groups is 1. The highest BCUT2D eigenvalue weighted by atomic mass is 32.2. The number of amides is 2. The predicted molar refractivity (Wildman–Crippen MR) is 179 cm³/mol. The molecule has 0 radical (unpaired) electrons. The number of benzene rings is 3. The van der Waals surface area contributed by atoms with Crippen LogP contribution in [0.1, 0.15) is 31.7 Å². The summed E-state index contributed by atoms with van der Waals surface area (Å²) in [5.41, 5.74) is 1.71. The minimum Gasteiger partial charge on any atom is -0.493 e. The number of fused-ring (bicyclic) bond motifs is 3. The minimum absolute atomic E-state index is 0.0561. The van der Waals surface area contributed by atoms with Crippen molar-refractivity contribution in [1.82, 2.24) is 14.9 Å². The zero-order chi connectivity index (χ0) is 33.6. The van der Waals surface area contributed by atoms with Crippen molar-refractivity contribution in [1.29, 1.82) is 0 Å². The lowest BCUT2D eigenvalue weighted by molar-refractivity contribution is -0.121. The normalized spacial score (nSPS) is 13.3. The van der Waals surface area contributed by atoms with Gasteiger partial charge >= 0.3 is 0 Å². The van der Waals surface area contributed by atoms with Crippen molar-refractivity contribution >= 4 is 40.2 Å². The van der Waals surface area contributed by atoms with E-state index in [2.05, 4.69) is 10.6 Å². The second kappa shape index (κ2) is 14.8. The monoisotopic (exact) mass is 676 g/mol. The van der Waals surface area contributed by atoms with Gasteiger partial charge in [-0.25, -0.2) is 4.98 Å². The van der Waals surface area contributed by atoms with Gasteiger partial charge in [-0.2, -0.15) is 0 Å². The number of rotatable bonds is 14. The van der Waals surface area contributed by atoms with Crippen molar-refractivity contribution < 1.29 is 38.0 Å². The number of methoxy groups -OCH3 is 2. The number of carbonyl (C=O) groups excluding carboxylic acids is 2. The number of hydrogen-bond acceptors (Lipinski definition) is 11. The van der Waals surface area contributed by atoms with Crippen LogP contribution < -0.4 is 44.6 Å². The molecule has 6 rings (SSSR count). The van der Waals surface area contributed by atoms with Crippen molar-refractivity contribution in [2.45, 2.75) is 49.6 Å². The van der Waals surface area contributed by atoms with Crippen LogP contribution in [0, 0.1) is 0 Å². The van der Waals surface area contributed by atoms with Crippen LogP contribution in [-0.4, -0.2) is 61.0 Å². The fourth-order valence-electron chi connectivity index (χ4n) is 5.39. The van der Waals surface area contributed by atoms with Gasteiger partial charge in [0.05, 0.1) is 30.4 Å². The van der Waals surface area contributed by atoms with Crippen LogP contribution in [0.4, 0.5) is 5.69 Å². The summed E-state index contributed by atoms with van der Waals surface area (Å²) in [5.74, 6) is 3.03. The van der Waals surface area contributed by atoms with Gasteiger partial charge in [-0.15, -0.1) is 0 Å². The zero-order valence-electron chi connectivity index (χ0n) is 26.8. The average Bonchev–Trinajstić information content (AvgIpc) is 3.76. The molecule has 1 aromatic heterocycles.